The van der Waals surface area contributed by atoms with Crippen molar-refractivity contribution in [2.75, 3.05) is 0 Å². The molecule has 0 fully saturated rings. The van der Waals surface area contributed by atoms with Gasteiger partial charge in [0.2, 0.25) is 0 Å². The van der Waals surface area contributed by atoms with Crippen molar-refractivity contribution in [2.45, 2.75) is 112 Å². The standard InChI is InChI=1S/C29H41.C7H5Cl.C5H5.Zr/c1-26(2,3)22-14-18-13-19-15-23(27(4,5)6)25(29(10,11)12)17-21(19)20(18)16-24(22)28(7,8)9;1-6-3-2-4-7(8)5-6;1-2-4-5-3-1;/h13-17H,1-12H3;1-5H;1-5H;. The van der Waals surface area contributed by atoms with E-state index in [1.807, 2.05) is 6.07 Å². The van der Waals surface area contributed by atoms with Gasteiger partial charge in [-0.05, 0) is 0 Å². The molecule has 5 rings (SSSR count). The molecule has 0 aliphatic heterocycles. The van der Waals surface area contributed by atoms with Crippen LogP contribution in [0.25, 0.3) is 11.1 Å². The molecule has 3 aromatic carbocycles. The Labute approximate surface area is 274 Å². The van der Waals surface area contributed by atoms with E-state index in [1.165, 1.54) is 38.9 Å². The molecule has 0 heterocycles. The summed E-state index contributed by atoms with van der Waals surface area (Å²) < 4.78 is 3.62. The van der Waals surface area contributed by atoms with Gasteiger partial charge in [0.15, 0.2) is 0 Å². The third kappa shape index (κ3) is 6.47. The first-order chi connectivity index (χ1) is 19.8. The molecule has 0 radical (unpaired) electrons. The normalized spacial score (nSPS) is 16.3. The number of hydrogen-bond donors (Lipinski definition) is 0. The van der Waals surface area contributed by atoms with Crippen LogP contribution in [0.5, 0.6) is 0 Å². The molecule has 226 valence electrons. The van der Waals surface area contributed by atoms with Crippen molar-refractivity contribution < 1.29 is 21.3 Å². The van der Waals surface area contributed by atoms with E-state index in [2.05, 4.69) is 154 Å². The minimum atomic E-state index is -2.48. The van der Waals surface area contributed by atoms with Gasteiger partial charge >= 0.3 is 277 Å². The first-order valence-corrected chi connectivity index (χ1v) is 20.6. The van der Waals surface area contributed by atoms with Gasteiger partial charge in [-0.1, -0.05) is 0 Å². The van der Waals surface area contributed by atoms with Gasteiger partial charge in [0.25, 0.3) is 0 Å². The third-order valence-electron chi connectivity index (χ3n) is 9.17. The molecule has 2 heteroatoms. The summed E-state index contributed by atoms with van der Waals surface area (Å²) in [6, 6.07) is 19.0. The topological polar surface area (TPSA) is 0 Å². The molecular formula is C41H51ClZr. The van der Waals surface area contributed by atoms with E-state index >= 15 is 0 Å². The summed E-state index contributed by atoms with van der Waals surface area (Å²) in [7, 11) is 0. The van der Waals surface area contributed by atoms with Gasteiger partial charge < -0.3 is 0 Å². The molecule has 2 aliphatic carbocycles. The Bertz CT molecular complexity index is 1560. The summed E-state index contributed by atoms with van der Waals surface area (Å²) in [4.78, 5) is 0. The molecular weight excluding hydrogens is 619 g/mol. The van der Waals surface area contributed by atoms with Gasteiger partial charge in [0.05, 0.1) is 0 Å². The monoisotopic (exact) mass is 668 g/mol. The van der Waals surface area contributed by atoms with Crippen LogP contribution >= 0.6 is 11.6 Å². The number of hydrogen-bond acceptors (Lipinski definition) is 0. The van der Waals surface area contributed by atoms with Crippen LogP contribution in [0.15, 0.2) is 72.8 Å². The predicted octanol–water partition coefficient (Wildman–Crippen LogP) is 12.0. The van der Waals surface area contributed by atoms with Crippen LogP contribution in [0.2, 0.25) is 8.65 Å². The van der Waals surface area contributed by atoms with Crippen molar-refractivity contribution in [1.82, 2.24) is 0 Å². The molecule has 0 amide bonds. The average molecular weight is 671 g/mol. The molecule has 0 N–H and O–H groups in total. The fourth-order valence-corrected chi connectivity index (χ4v) is 15.0. The number of allylic oxidation sites excluding steroid dienone is 4. The van der Waals surface area contributed by atoms with Gasteiger partial charge in [0, 0.05) is 0 Å². The van der Waals surface area contributed by atoms with E-state index in [-0.39, 0.29) is 21.7 Å². The van der Waals surface area contributed by atoms with Crippen molar-refractivity contribution in [2.24, 2.45) is 0 Å². The summed E-state index contributed by atoms with van der Waals surface area (Å²) in [5.74, 6) is 0. The predicted molar refractivity (Wildman–Crippen MR) is 187 cm³/mol. The van der Waals surface area contributed by atoms with Crippen LogP contribution < -0.4 is 0 Å². The van der Waals surface area contributed by atoms with Crippen LogP contribution in [0, 0.1) is 0 Å². The molecule has 0 aromatic heterocycles. The molecule has 3 aromatic rings. The number of halogens is 1. The second-order valence-corrected chi connectivity index (χ2v) is 23.6. The molecule has 0 atom stereocenters. The Morgan fingerprint density at radius 1 is 0.581 bits per heavy atom. The fourth-order valence-electron chi connectivity index (χ4n) is 7.00. The summed E-state index contributed by atoms with van der Waals surface area (Å²) >= 11 is 4.06. The minimum absolute atomic E-state index is 0.0530. The molecule has 0 bridgehead atoms. The van der Waals surface area contributed by atoms with Crippen molar-refractivity contribution >= 4 is 15.3 Å². The quantitative estimate of drug-likeness (QED) is 0.260. The van der Waals surface area contributed by atoms with Crippen LogP contribution in [-0.2, 0) is 42.9 Å². The van der Waals surface area contributed by atoms with E-state index in [4.69, 9.17) is 11.6 Å². The summed E-state index contributed by atoms with van der Waals surface area (Å²) in [5, 5.41) is 0.816. The van der Waals surface area contributed by atoms with Crippen molar-refractivity contribution in [3.05, 3.63) is 117 Å². The van der Waals surface area contributed by atoms with E-state index in [1.54, 1.807) is 11.1 Å². The first kappa shape index (κ1) is 32.6. The van der Waals surface area contributed by atoms with E-state index < -0.39 is 21.3 Å². The van der Waals surface area contributed by atoms with Gasteiger partial charge in [-0.15, -0.1) is 0 Å². The first-order valence-electron chi connectivity index (χ1n) is 16.0. The Hall–Kier alpha value is -1.82. The average Bonchev–Trinajstić information content (AvgIpc) is 3.50. The van der Waals surface area contributed by atoms with Crippen molar-refractivity contribution in [3.8, 4) is 11.1 Å². The summed E-state index contributed by atoms with van der Waals surface area (Å²) in [5.41, 5.74) is 13.5. The maximum atomic E-state index is 6.55. The SMILES string of the molecule is CC(C)(C)c1cc2c(cc1C(C)(C)C)[CH]([Zr](=[CH]c1cccc(Cl)c1)[CH]1C=CC=C1)c1cc(C(C)(C)C)c(C(C)(C)C)cc1-2. The molecule has 0 unspecified atom stereocenters. The molecule has 0 saturated heterocycles. The van der Waals surface area contributed by atoms with Crippen LogP contribution in [0.3, 0.4) is 0 Å². The molecule has 0 nitrogen and oxygen atoms in total. The third-order valence-corrected chi connectivity index (χ3v) is 17.1. The fraction of sp³-hybridized carbons (Fsp3) is 0.439. The Balaban J connectivity index is 1.92. The van der Waals surface area contributed by atoms with Crippen molar-refractivity contribution in [1.29, 1.82) is 0 Å². The maximum absolute atomic E-state index is 6.55. The zero-order chi connectivity index (χ0) is 31.7. The Morgan fingerprint density at radius 3 is 1.40 bits per heavy atom. The molecule has 2 aliphatic rings. The van der Waals surface area contributed by atoms with Gasteiger partial charge in [-0.25, -0.2) is 0 Å². The zero-order valence-corrected chi connectivity index (χ0v) is 31.8. The van der Waals surface area contributed by atoms with Crippen LogP contribution in [0.4, 0.5) is 0 Å². The second kappa shape index (κ2) is 11.2. The van der Waals surface area contributed by atoms with E-state index in [9.17, 15) is 0 Å². The van der Waals surface area contributed by atoms with E-state index in [0.29, 0.717) is 7.25 Å². The number of fused-ring (bicyclic) bond motifs is 3. The summed E-state index contributed by atoms with van der Waals surface area (Å²) in [6.45, 7) is 28.6. The van der Waals surface area contributed by atoms with Crippen LogP contribution in [0.1, 0.15) is 126 Å². The van der Waals surface area contributed by atoms with Crippen molar-refractivity contribution in [3.63, 3.8) is 0 Å². The summed E-state index contributed by atoms with van der Waals surface area (Å²) in [6.07, 6.45) is 9.46. The van der Waals surface area contributed by atoms with Gasteiger partial charge in [-0.2, -0.15) is 0 Å². The zero-order valence-electron chi connectivity index (χ0n) is 28.5. The second-order valence-electron chi connectivity index (χ2n) is 16.9. The number of benzene rings is 3. The van der Waals surface area contributed by atoms with Crippen LogP contribution in [-0.4, -0.2) is 3.71 Å². The van der Waals surface area contributed by atoms with Gasteiger partial charge in [0.1, 0.15) is 0 Å². The van der Waals surface area contributed by atoms with E-state index in [0.717, 1.165) is 5.02 Å². The molecule has 43 heavy (non-hydrogen) atoms. The Kier molecular flexibility index (Phi) is 8.49. The molecule has 0 spiro atoms. The number of rotatable bonds is 3. The molecule has 0 saturated carbocycles. The Morgan fingerprint density at radius 2 is 1.00 bits per heavy atom. The van der Waals surface area contributed by atoms with Gasteiger partial charge in [-0.3, -0.25) is 0 Å².